The zero-order valence-corrected chi connectivity index (χ0v) is 15.5. The number of nitro groups is 1. The summed E-state index contributed by atoms with van der Waals surface area (Å²) in [6, 6.07) is 13.9. The monoisotopic (exact) mass is 373 g/mol. The van der Waals surface area contributed by atoms with Crippen LogP contribution in [0.1, 0.15) is 37.0 Å². The van der Waals surface area contributed by atoms with E-state index in [-0.39, 0.29) is 12.2 Å². The topological polar surface area (TPSA) is 87.4 Å². The lowest BCUT2D eigenvalue weighted by atomic mass is 10.1. The van der Waals surface area contributed by atoms with Crippen LogP contribution in [0.25, 0.3) is 0 Å². The van der Waals surface area contributed by atoms with Gasteiger partial charge in [0.25, 0.3) is 5.69 Å². The normalized spacial score (nSPS) is 11.6. The van der Waals surface area contributed by atoms with E-state index in [1.54, 1.807) is 0 Å². The van der Waals surface area contributed by atoms with E-state index in [2.05, 4.69) is 29.7 Å². The third kappa shape index (κ3) is 6.09. The third-order valence-electron chi connectivity index (χ3n) is 3.98. The van der Waals surface area contributed by atoms with Crippen LogP contribution < -0.4 is 10.6 Å². The molecule has 0 aliphatic rings. The highest BCUT2D eigenvalue weighted by atomic mass is 32.1. The summed E-state index contributed by atoms with van der Waals surface area (Å²) in [7, 11) is 0. The maximum atomic E-state index is 10.6. The van der Waals surface area contributed by atoms with Crippen molar-refractivity contribution < 1.29 is 10.0 Å². The summed E-state index contributed by atoms with van der Waals surface area (Å²) in [6.45, 7) is 2.38. The second-order valence-corrected chi connectivity index (χ2v) is 6.41. The number of thiocarbonyl (C=S) groups is 1. The van der Waals surface area contributed by atoms with Gasteiger partial charge in [-0.25, -0.2) is 0 Å². The summed E-state index contributed by atoms with van der Waals surface area (Å²) in [4.78, 5) is 10.2. The molecule has 3 N–H and O–H groups in total. The smallest absolute Gasteiger partial charge is 0.269 e. The van der Waals surface area contributed by atoms with Crippen molar-refractivity contribution in [3.8, 4) is 0 Å². The first kappa shape index (κ1) is 19.8. The molecule has 0 unspecified atom stereocenters. The molecule has 0 heterocycles. The highest BCUT2D eigenvalue weighted by Gasteiger charge is 2.11. The quantitative estimate of drug-likeness (QED) is 0.369. The van der Waals surface area contributed by atoms with Crippen LogP contribution in [-0.2, 0) is 6.42 Å². The van der Waals surface area contributed by atoms with Gasteiger partial charge < -0.3 is 15.7 Å². The number of non-ortho nitro benzene ring substituents is 1. The van der Waals surface area contributed by atoms with Crippen molar-refractivity contribution in [2.24, 2.45) is 0 Å². The van der Waals surface area contributed by atoms with Gasteiger partial charge in [0, 0.05) is 24.4 Å². The van der Waals surface area contributed by atoms with Crippen LogP contribution in [0.5, 0.6) is 0 Å². The van der Waals surface area contributed by atoms with E-state index in [0.717, 1.165) is 12.1 Å². The Hall–Kier alpha value is -2.51. The predicted molar refractivity (Wildman–Crippen MR) is 107 cm³/mol. The van der Waals surface area contributed by atoms with Gasteiger partial charge in [0.2, 0.25) is 0 Å². The molecule has 0 aliphatic carbocycles. The van der Waals surface area contributed by atoms with Crippen molar-refractivity contribution in [3.05, 3.63) is 69.8 Å². The van der Waals surface area contributed by atoms with Crippen LogP contribution in [-0.4, -0.2) is 21.7 Å². The lowest BCUT2D eigenvalue weighted by molar-refractivity contribution is -0.384. The summed E-state index contributed by atoms with van der Waals surface area (Å²) in [5, 5.41) is 27.3. The van der Waals surface area contributed by atoms with E-state index < -0.39 is 11.0 Å². The molecule has 6 nitrogen and oxygen atoms in total. The maximum absolute atomic E-state index is 10.6. The zero-order chi connectivity index (χ0) is 18.9. The van der Waals surface area contributed by atoms with Crippen molar-refractivity contribution in [2.75, 3.05) is 11.9 Å². The van der Waals surface area contributed by atoms with Gasteiger partial charge in [-0.05, 0) is 60.5 Å². The second-order valence-electron chi connectivity index (χ2n) is 6.00. The first-order chi connectivity index (χ1) is 12.5. The Kier molecular flexibility index (Phi) is 7.50. The number of nitro benzene ring substituents is 1. The number of hydrogen-bond donors (Lipinski definition) is 3. The third-order valence-corrected chi connectivity index (χ3v) is 4.22. The second kappa shape index (κ2) is 9.84. The fourth-order valence-corrected chi connectivity index (χ4v) is 2.64. The Balaban J connectivity index is 1.81. The fraction of sp³-hybridized carbons (Fsp3) is 0.316. The molecule has 138 valence electrons. The maximum Gasteiger partial charge on any atom is 0.269 e. The molecule has 2 aromatic rings. The van der Waals surface area contributed by atoms with Gasteiger partial charge >= 0.3 is 0 Å². The molecule has 0 saturated carbocycles. The summed E-state index contributed by atoms with van der Waals surface area (Å²) >= 11 is 5.24. The van der Waals surface area contributed by atoms with E-state index in [1.807, 2.05) is 12.1 Å². The number of aryl methyl sites for hydroxylation is 1. The van der Waals surface area contributed by atoms with Gasteiger partial charge in [0.05, 0.1) is 11.0 Å². The van der Waals surface area contributed by atoms with Crippen LogP contribution in [0.3, 0.4) is 0 Å². The van der Waals surface area contributed by atoms with Crippen molar-refractivity contribution >= 4 is 28.7 Å². The number of unbranched alkanes of at least 4 members (excludes halogenated alkanes) is 1. The lowest BCUT2D eigenvalue weighted by Crippen LogP contribution is -2.32. The number of aliphatic hydroxyl groups excluding tert-OH is 1. The summed E-state index contributed by atoms with van der Waals surface area (Å²) in [5.41, 5.74) is 2.76. The molecular formula is C19H23N3O3S. The first-order valence-corrected chi connectivity index (χ1v) is 8.96. The minimum absolute atomic E-state index is 0.00604. The van der Waals surface area contributed by atoms with Crippen molar-refractivity contribution in [1.82, 2.24) is 5.32 Å². The van der Waals surface area contributed by atoms with E-state index in [9.17, 15) is 15.2 Å². The molecule has 26 heavy (non-hydrogen) atoms. The molecule has 0 fully saturated rings. The number of anilines is 1. The number of rotatable bonds is 8. The number of hydrogen-bond acceptors (Lipinski definition) is 4. The number of aliphatic hydroxyl groups is 1. The first-order valence-electron chi connectivity index (χ1n) is 8.55. The van der Waals surface area contributed by atoms with E-state index in [0.29, 0.717) is 10.7 Å². The van der Waals surface area contributed by atoms with E-state index >= 15 is 0 Å². The van der Waals surface area contributed by atoms with Crippen LogP contribution in [0.4, 0.5) is 11.4 Å². The Bertz CT molecular complexity index is 733. The Labute approximate surface area is 158 Å². The van der Waals surface area contributed by atoms with Gasteiger partial charge in [0.1, 0.15) is 0 Å². The Morgan fingerprint density at radius 1 is 1.19 bits per heavy atom. The minimum atomic E-state index is -0.813. The highest BCUT2D eigenvalue weighted by molar-refractivity contribution is 7.80. The average Bonchev–Trinajstić information content (AvgIpc) is 2.65. The van der Waals surface area contributed by atoms with Gasteiger partial charge in [-0.2, -0.15) is 0 Å². The molecule has 0 aliphatic heterocycles. The molecule has 7 heteroatoms. The molecule has 0 radical (unpaired) electrons. The van der Waals surface area contributed by atoms with E-state index in [1.165, 1.54) is 42.7 Å². The van der Waals surface area contributed by atoms with Crippen LogP contribution in [0, 0.1) is 10.1 Å². The van der Waals surface area contributed by atoms with Crippen molar-refractivity contribution in [3.63, 3.8) is 0 Å². The van der Waals surface area contributed by atoms with Gasteiger partial charge in [-0.1, -0.05) is 25.5 Å². The molecular weight excluding hydrogens is 350 g/mol. The fourth-order valence-electron chi connectivity index (χ4n) is 2.44. The standard InChI is InChI=1S/C19H23N3O3S/c1-2-3-4-14-5-9-16(10-6-14)21-19(26)20-13-18(23)15-7-11-17(12-8-15)22(24)25/h5-12,18,23H,2-4,13H2,1H3,(H2,20,21,26)/t18-/m0/s1. The summed E-state index contributed by atoms with van der Waals surface area (Å²) in [6.07, 6.45) is 2.60. The average molecular weight is 373 g/mol. The molecule has 1 atom stereocenters. The van der Waals surface area contributed by atoms with Crippen LogP contribution in [0.2, 0.25) is 0 Å². The molecule has 2 aromatic carbocycles. The summed E-state index contributed by atoms with van der Waals surface area (Å²) < 4.78 is 0. The lowest BCUT2D eigenvalue weighted by Gasteiger charge is -2.15. The largest absolute Gasteiger partial charge is 0.387 e. The highest BCUT2D eigenvalue weighted by Crippen LogP contribution is 2.17. The van der Waals surface area contributed by atoms with Crippen LogP contribution in [0.15, 0.2) is 48.5 Å². The zero-order valence-electron chi connectivity index (χ0n) is 14.6. The van der Waals surface area contributed by atoms with Crippen molar-refractivity contribution in [1.29, 1.82) is 0 Å². The number of nitrogens with one attached hydrogen (secondary N) is 2. The molecule has 0 saturated heterocycles. The van der Waals surface area contributed by atoms with Gasteiger partial charge in [-0.3, -0.25) is 10.1 Å². The molecule has 0 spiro atoms. The molecule has 0 aromatic heterocycles. The number of benzene rings is 2. The molecule has 0 amide bonds. The van der Waals surface area contributed by atoms with Gasteiger partial charge in [0.15, 0.2) is 5.11 Å². The SMILES string of the molecule is CCCCc1ccc(NC(=S)NC[C@H](O)c2ccc([N+](=O)[O-])cc2)cc1. The minimum Gasteiger partial charge on any atom is -0.387 e. The van der Waals surface area contributed by atoms with E-state index in [4.69, 9.17) is 12.2 Å². The van der Waals surface area contributed by atoms with Crippen molar-refractivity contribution in [2.45, 2.75) is 32.3 Å². The van der Waals surface area contributed by atoms with Gasteiger partial charge in [-0.15, -0.1) is 0 Å². The Morgan fingerprint density at radius 3 is 2.42 bits per heavy atom. The number of nitrogens with zero attached hydrogens (tertiary/aromatic N) is 1. The predicted octanol–water partition coefficient (Wildman–Crippen LogP) is 3.96. The molecule has 0 bridgehead atoms. The summed E-state index contributed by atoms with van der Waals surface area (Å²) in [5.74, 6) is 0. The van der Waals surface area contributed by atoms with Crippen LogP contribution >= 0.6 is 12.2 Å². The Morgan fingerprint density at radius 2 is 1.85 bits per heavy atom. The molecule has 2 rings (SSSR count).